The summed E-state index contributed by atoms with van der Waals surface area (Å²) in [7, 11) is -4.21. The van der Waals surface area contributed by atoms with E-state index in [0.717, 1.165) is 28.6 Å². The average molecular weight is 407 g/mol. The highest BCUT2D eigenvalue weighted by Crippen LogP contribution is 2.29. The summed E-state index contributed by atoms with van der Waals surface area (Å²) >= 11 is 0. The summed E-state index contributed by atoms with van der Waals surface area (Å²) in [6.07, 6.45) is 0.0155. The molecule has 0 saturated heterocycles. The zero-order valence-electron chi connectivity index (χ0n) is 15.3. The first-order chi connectivity index (χ1) is 13.2. The third kappa shape index (κ3) is 4.71. The van der Waals surface area contributed by atoms with Crippen molar-refractivity contribution in [2.24, 2.45) is 4.99 Å². The lowest BCUT2D eigenvalue weighted by atomic mass is 10.2. The monoisotopic (exact) mass is 407 g/mol. The number of aliphatic hydroxyl groups is 2. The van der Waals surface area contributed by atoms with Gasteiger partial charge in [0.1, 0.15) is 6.23 Å². The molecule has 150 valence electrons. The van der Waals surface area contributed by atoms with Crippen molar-refractivity contribution in [2.45, 2.75) is 31.0 Å². The summed E-state index contributed by atoms with van der Waals surface area (Å²) in [4.78, 5) is 14.1. The van der Waals surface area contributed by atoms with Gasteiger partial charge in [-0.1, -0.05) is 18.2 Å². The van der Waals surface area contributed by atoms with E-state index in [0.29, 0.717) is 5.56 Å². The molecule has 2 aromatic rings. The van der Waals surface area contributed by atoms with Crippen molar-refractivity contribution < 1.29 is 23.6 Å². The first-order valence-electron chi connectivity index (χ1n) is 8.38. The molecular formula is C18H21N3O6S. The number of rotatable bonds is 8. The Kier molecular flexibility index (Phi) is 6.84. The number of aliphatic hydroxyl groups excluding tert-OH is 2. The Balaban J connectivity index is 2.54. The normalized spacial score (nSPS) is 14.0. The van der Waals surface area contributed by atoms with E-state index in [4.69, 9.17) is 5.11 Å². The van der Waals surface area contributed by atoms with Crippen LogP contribution < -0.4 is 4.31 Å². The Hall–Kier alpha value is -2.82. The van der Waals surface area contributed by atoms with Gasteiger partial charge >= 0.3 is 0 Å². The topological polar surface area (TPSA) is 133 Å². The van der Waals surface area contributed by atoms with Gasteiger partial charge in [-0.2, -0.15) is 0 Å². The van der Waals surface area contributed by atoms with Gasteiger partial charge in [-0.3, -0.25) is 15.1 Å². The molecule has 2 aromatic carbocycles. The molecule has 2 N–H and O–H groups in total. The number of non-ortho nitro benzene ring substituents is 1. The molecule has 0 aliphatic heterocycles. The number of aliphatic imine (C=N–C) groups is 1. The van der Waals surface area contributed by atoms with Gasteiger partial charge in [0, 0.05) is 23.9 Å². The van der Waals surface area contributed by atoms with Crippen LogP contribution in [0, 0.1) is 10.1 Å². The predicted molar refractivity (Wildman–Crippen MR) is 105 cm³/mol. The minimum Gasteiger partial charge on any atom is -0.394 e. The maximum Gasteiger partial charge on any atom is 0.269 e. The molecule has 2 rings (SSSR count). The van der Waals surface area contributed by atoms with Crippen LogP contribution in [0.25, 0.3) is 0 Å². The molecule has 28 heavy (non-hydrogen) atoms. The van der Waals surface area contributed by atoms with Gasteiger partial charge in [0.2, 0.25) is 0 Å². The van der Waals surface area contributed by atoms with Crippen LogP contribution in [0.2, 0.25) is 0 Å². The SMILES string of the molecule is CC(O)N(c1ccccc1C=N[C@H](C)CO)S(=O)(=O)c1ccc([N+](=O)[O-])cc1. The number of benzene rings is 2. The minimum atomic E-state index is -4.21. The van der Waals surface area contributed by atoms with E-state index in [1.54, 1.807) is 25.1 Å². The molecule has 0 bridgehead atoms. The summed E-state index contributed by atoms with van der Waals surface area (Å²) in [5, 5.41) is 30.1. The maximum atomic E-state index is 13.1. The second-order valence-corrected chi connectivity index (χ2v) is 7.87. The number of hydrogen-bond acceptors (Lipinski definition) is 7. The van der Waals surface area contributed by atoms with E-state index in [1.165, 1.54) is 19.2 Å². The van der Waals surface area contributed by atoms with Crippen LogP contribution >= 0.6 is 0 Å². The van der Waals surface area contributed by atoms with Crippen molar-refractivity contribution in [2.75, 3.05) is 10.9 Å². The number of nitrogens with zero attached hydrogens (tertiary/aromatic N) is 3. The highest BCUT2D eigenvalue weighted by Gasteiger charge is 2.30. The van der Waals surface area contributed by atoms with Crippen molar-refractivity contribution in [3.63, 3.8) is 0 Å². The number of sulfonamides is 1. The molecule has 0 saturated carbocycles. The Bertz CT molecular complexity index is 958. The van der Waals surface area contributed by atoms with E-state index in [-0.39, 0.29) is 28.9 Å². The van der Waals surface area contributed by atoms with Gasteiger partial charge < -0.3 is 10.2 Å². The fraction of sp³-hybridized carbons (Fsp3) is 0.278. The smallest absolute Gasteiger partial charge is 0.269 e. The van der Waals surface area contributed by atoms with Gasteiger partial charge in [0.15, 0.2) is 0 Å². The fourth-order valence-electron chi connectivity index (χ4n) is 2.44. The molecule has 1 unspecified atom stereocenters. The molecule has 0 fully saturated rings. The number of hydrogen-bond donors (Lipinski definition) is 2. The zero-order valence-corrected chi connectivity index (χ0v) is 16.2. The molecule has 0 aliphatic rings. The molecular weight excluding hydrogens is 386 g/mol. The molecule has 10 heteroatoms. The van der Waals surface area contributed by atoms with Gasteiger partial charge in [0.25, 0.3) is 15.7 Å². The molecule has 0 amide bonds. The molecule has 0 spiro atoms. The van der Waals surface area contributed by atoms with Gasteiger partial charge in [-0.25, -0.2) is 12.7 Å². The average Bonchev–Trinajstić information content (AvgIpc) is 2.66. The Morgan fingerprint density at radius 1 is 1.18 bits per heavy atom. The van der Waals surface area contributed by atoms with Crippen LogP contribution in [0.15, 0.2) is 58.4 Å². The lowest BCUT2D eigenvalue weighted by Crippen LogP contribution is -2.39. The third-order valence-corrected chi connectivity index (χ3v) is 5.74. The van der Waals surface area contributed by atoms with E-state index in [1.807, 2.05) is 0 Å². The summed E-state index contributed by atoms with van der Waals surface area (Å²) in [5.74, 6) is 0. The standard InChI is InChI=1S/C18H21N3O6S/c1-13(12-22)19-11-15-5-3-4-6-18(15)20(14(2)23)28(26,27)17-9-7-16(8-10-17)21(24)25/h3-11,13-14,22-23H,12H2,1-2H3/t13-,14?/m1/s1. The van der Waals surface area contributed by atoms with Crippen molar-refractivity contribution >= 4 is 27.6 Å². The summed E-state index contributed by atoms with van der Waals surface area (Å²) in [6.45, 7) is 2.83. The first kappa shape index (κ1) is 21.5. The van der Waals surface area contributed by atoms with Crippen LogP contribution in [-0.2, 0) is 10.0 Å². The van der Waals surface area contributed by atoms with Gasteiger partial charge in [-0.05, 0) is 32.0 Å². The fourth-order valence-corrected chi connectivity index (χ4v) is 3.97. The Morgan fingerprint density at radius 2 is 1.79 bits per heavy atom. The summed E-state index contributed by atoms with van der Waals surface area (Å²) in [6, 6.07) is 10.5. The highest BCUT2D eigenvalue weighted by atomic mass is 32.2. The Labute approximate surface area is 162 Å². The maximum absolute atomic E-state index is 13.1. The second-order valence-electron chi connectivity index (χ2n) is 6.05. The Morgan fingerprint density at radius 3 is 2.32 bits per heavy atom. The van der Waals surface area contributed by atoms with Gasteiger partial charge in [0.05, 0.1) is 28.2 Å². The van der Waals surface area contributed by atoms with E-state index in [9.17, 15) is 23.6 Å². The molecule has 0 aliphatic carbocycles. The van der Waals surface area contributed by atoms with Crippen molar-refractivity contribution in [1.29, 1.82) is 0 Å². The van der Waals surface area contributed by atoms with Crippen molar-refractivity contribution in [1.82, 2.24) is 0 Å². The summed E-state index contributed by atoms with van der Waals surface area (Å²) < 4.78 is 27.0. The van der Waals surface area contributed by atoms with E-state index < -0.39 is 21.2 Å². The van der Waals surface area contributed by atoms with Crippen LogP contribution in [0.1, 0.15) is 19.4 Å². The second kappa shape index (κ2) is 8.91. The number of nitro groups is 1. The quantitative estimate of drug-likeness (QED) is 0.297. The van der Waals surface area contributed by atoms with Gasteiger partial charge in [-0.15, -0.1) is 0 Å². The van der Waals surface area contributed by atoms with E-state index >= 15 is 0 Å². The predicted octanol–water partition coefficient (Wildman–Crippen LogP) is 1.93. The number of anilines is 1. The van der Waals surface area contributed by atoms with Crippen LogP contribution in [0.3, 0.4) is 0 Å². The third-order valence-electron chi connectivity index (χ3n) is 3.85. The lowest BCUT2D eigenvalue weighted by molar-refractivity contribution is -0.384. The molecule has 0 aromatic heterocycles. The lowest BCUT2D eigenvalue weighted by Gasteiger charge is -2.28. The van der Waals surface area contributed by atoms with Crippen LogP contribution in [0.5, 0.6) is 0 Å². The minimum absolute atomic E-state index is 0.167. The number of nitro benzene ring substituents is 1. The summed E-state index contributed by atoms with van der Waals surface area (Å²) in [5.41, 5.74) is 0.368. The molecule has 0 radical (unpaired) electrons. The largest absolute Gasteiger partial charge is 0.394 e. The van der Waals surface area contributed by atoms with Crippen molar-refractivity contribution in [3.8, 4) is 0 Å². The zero-order chi connectivity index (χ0) is 20.9. The first-order valence-corrected chi connectivity index (χ1v) is 9.82. The number of para-hydroxylation sites is 1. The van der Waals surface area contributed by atoms with Crippen LogP contribution in [0.4, 0.5) is 11.4 Å². The molecule has 0 heterocycles. The van der Waals surface area contributed by atoms with Crippen molar-refractivity contribution in [3.05, 3.63) is 64.2 Å². The molecule has 2 atom stereocenters. The van der Waals surface area contributed by atoms with E-state index in [2.05, 4.69) is 4.99 Å². The molecule has 9 nitrogen and oxygen atoms in total. The van der Waals surface area contributed by atoms with Crippen LogP contribution in [-0.4, -0.2) is 48.6 Å². The highest BCUT2D eigenvalue weighted by molar-refractivity contribution is 7.92.